The molecule has 2 heterocycles. The fourth-order valence-electron chi connectivity index (χ4n) is 4.08. The zero-order valence-electron chi connectivity index (χ0n) is 16.8. The van der Waals surface area contributed by atoms with Crippen LogP contribution < -0.4 is 4.90 Å². The van der Waals surface area contributed by atoms with Gasteiger partial charge in [0, 0.05) is 28.7 Å². The average molecular weight is 441 g/mol. The molecule has 5 rings (SSSR count). The van der Waals surface area contributed by atoms with E-state index in [-0.39, 0.29) is 11.3 Å². The third kappa shape index (κ3) is 3.33. The van der Waals surface area contributed by atoms with Crippen molar-refractivity contribution in [2.24, 2.45) is 0 Å². The van der Waals surface area contributed by atoms with Gasteiger partial charge in [-0.3, -0.25) is 19.5 Å². The van der Waals surface area contributed by atoms with Crippen molar-refractivity contribution in [3.8, 4) is 0 Å². The van der Waals surface area contributed by atoms with Crippen molar-refractivity contribution in [3.05, 3.63) is 113 Å². The van der Waals surface area contributed by atoms with E-state index in [1.807, 2.05) is 30.3 Å². The van der Waals surface area contributed by atoms with Crippen LogP contribution in [0.4, 0.5) is 5.69 Å². The zero-order valence-corrected chi connectivity index (χ0v) is 17.5. The highest BCUT2D eigenvalue weighted by atomic mass is 35.5. The minimum Gasteiger partial charge on any atom is -0.507 e. The van der Waals surface area contributed by atoms with Crippen LogP contribution in [0, 0.1) is 0 Å². The van der Waals surface area contributed by atoms with Gasteiger partial charge in [-0.1, -0.05) is 54.1 Å². The molecule has 0 bridgehead atoms. The van der Waals surface area contributed by atoms with Crippen LogP contribution in [0.15, 0.2) is 96.8 Å². The van der Waals surface area contributed by atoms with E-state index < -0.39 is 17.7 Å². The molecule has 1 unspecified atom stereocenters. The van der Waals surface area contributed by atoms with Crippen LogP contribution >= 0.6 is 11.6 Å². The molecule has 1 N–H and O–H groups in total. The molecular weight excluding hydrogens is 424 g/mol. The summed E-state index contributed by atoms with van der Waals surface area (Å²) >= 11 is 6.16. The Kier molecular flexibility index (Phi) is 4.96. The number of aromatic nitrogens is 1. The van der Waals surface area contributed by atoms with Crippen LogP contribution in [-0.2, 0) is 9.59 Å². The second-order valence-corrected chi connectivity index (χ2v) is 7.93. The largest absolute Gasteiger partial charge is 0.507 e. The molecule has 3 aromatic carbocycles. The minimum atomic E-state index is -0.817. The van der Waals surface area contributed by atoms with Crippen molar-refractivity contribution in [2.45, 2.75) is 6.04 Å². The number of ketones is 1. The number of Topliss-reactive ketones (excluding diaryl/α,β-unsaturated/α-hetero) is 1. The first kappa shape index (κ1) is 20.0. The maximum absolute atomic E-state index is 13.2. The van der Waals surface area contributed by atoms with Gasteiger partial charge >= 0.3 is 0 Å². The first-order valence-electron chi connectivity index (χ1n) is 10.0. The summed E-state index contributed by atoms with van der Waals surface area (Å²) in [5.74, 6) is -1.70. The lowest BCUT2D eigenvalue weighted by atomic mass is 9.95. The van der Waals surface area contributed by atoms with Gasteiger partial charge in [-0.25, -0.2) is 0 Å². The SMILES string of the molecule is O=C1C(=O)N(c2cccc(Cl)c2)C(c2ccncc2)/C1=C(/O)c1ccc2ccccc2c1. The maximum atomic E-state index is 13.2. The molecule has 5 nitrogen and oxygen atoms in total. The number of aliphatic hydroxyl groups excluding tert-OH is 1. The van der Waals surface area contributed by atoms with Crippen molar-refractivity contribution in [1.29, 1.82) is 0 Å². The molecule has 6 heteroatoms. The summed E-state index contributed by atoms with van der Waals surface area (Å²) in [6.07, 6.45) is 3.17. The third-order valence-electron chi connectivity index (χ3n) is 5.58. The van der Waals surface area contributed by atoms with Crippen molar-refractivity contribution >= 4 is 45.5 Å². The monoisotopic (exact) mass is 440 g/mol. The number of pyridine rings is 1. The number of halogens is 1. The summed E-state index contributed by atoms with van der Waals surface area (Å²) in [7, 11) is 0. The minimum absolute atomic E-state index is 0.0245. The van der Waals surface area contributed by atoms with Crippen LogP contribution in [0.3, 0.4) is 0 Å². The summed E-state index contributed by atoms with van der Waals surface area (Å²) < 4.78 is 0. The number of rotatable bonds is 3. The highest BCUT2D eigenvalue weighted by molar-refractivity contribution is 6.51. The van der Waals surface area contributed by atoms with Crippen LogP contribution in [0.25, 0.3) is 16.5 Å². The summed E-state index contributed by atoms with van der Waals surface area (Å²) in [5.41, 5.74) is 1.61. The molecule has 32 heavy (non-hydrogen) atoms. The lowest BCUT2D eigenvalue weighted by molar-refractivity contribution is -0.132. The van der Waals surface area contributed by atoms with Crippen molar-refractivity contribution in [3.63, 3.8) is 0 Å². The molecule has 0 radical (unpaired) electrons. The Morgan fingerprint density at radius 3 is 2.38 bits per heavy atom. The topological polar surface area (TPSA) is 70.5 Å². The molecule has 1 atom stereocenters. The molecule has 156 valence electrons. The fraction of sp³-hybridized carbons (Fsp3) is 0.0385. The van der Waals surface area contributed by atoms with E-state index >= 15 is 0 Å². The number of carbonyl (C=O) groups is 2. The van der Waals surface area contributed by atoms with E-state index in [0.29, 0.717) is 21.8 Å². The quantitative estimate of drug-likeness (QED) is 0.259. The van der Waals surface area contributed by atoms with Crippen molar-refractivity contribution in [2.75, 3.05) is 4.90 Å². The number of aliphatic hydroxyl groups is 1. The predicted molar refractivity (Wildman–Crippen MR) is 124 cm³/mol. The van der Waals surface area contributed by atoms with E-state index in [4.69, 9.17) is 11.6 Å². The summed E-state index contributed by atoms with van der Waals surface area (Å²) in [6.45, 7) is 0. The molecule has 1 aromatic heterocycles. The van der Waals surface area contributed by atoms with Gasteiger partial charge in [-0.15, -0.1) is 0 Å². The molecule has 4 aromatic rings. The Balaban J connectivity index is 1.73. The van der Waals surface area contributed by atoms with Gasteiger partial charge in [0.2, 0.25) is 0 Å². The number of nitrogens with zero attached hydrogens (tertiary/aromatic N) is 2. The Bertz CT molecular complexity index is 1400. The maximum Gasteiger partial charge on any atom is 0.300 e. The van der Waals surface area contributed by atoms with E-state index in [1.54, 1.807) is 60.9 Å². The molecule has 0 spiro atoms. The number of hydrogen-bond acceptors (Lipinski definition) is 4. The predicted octanol–water partition coefficient (Wildman–Crippen LogP) is 5.51. The Morgan fingerprint density at radius 2 is 1.62 bits per heavy atom. The number of fused-ring (bicyclic) bond motifs is 1. The Labute approximate surface area is 189 Å². The number of carbonyl (C=O) groups excluding carboxylic acids is 2. The number of anilines is 1. The van der Waals surface area contributed by atoms with E-state index in [1.165, 1.54) is 4.90 Å². The van der Waals surface area contributed by atoms with Gasteiger partial charge in [-0.2, -0.15) is 0 Å². The molecule has 1 saturated heterocycles. The molecular formula is C26H17ClN2O3. The van der Waals surface area contributed by atoms with Crippen LogP contribution in [0.5, 0.6) is 0 Å². The standard InChI is InChI=1S/C26H17ClN2O3/c27-20-6-3-7-21(15-20)29-23(17-10-12-28-13-11-17)22(25(31)26(29)32)24(30)19-9-8-16-4-1-2-5-18(16)14-19/h1-15,23,30H/b24-22-. The lowest BCUT2D eigenvalue weighted by Crippen LogP contribution is -2.29. The normalized spacial score (nSPS) is 17.8. The highest BCUT2D eigenvalue weighted by Gasteiger charge is 2.47. The van der Waals surface area contributed by atoms with E-state index in [9.17, 15) is 14.7 Å². The molecule has 1 fully saturated rings. The van der Waals surface area contributed by atoms with Gasteiger partial charge in [0.05, 0.1) is 11.6 Å². The molecule has 0 saturated carbocycles. The first-order chi connectivity index (χ1) is 15.5. The van der Waals surface area contributed by atoms with Gasteiger partial charge < -0.3 is 5.11 Å². The van der Waals surface area contributed by atoms with Gasteiger partial charge in [-0.05, 0) is 52.7 Å². The van der Waals surface area contributed by atoms with Crippen LogP contribution in [-0.4, -0.2) is 21.8 Å². The van der Waals surface area contributed by atoms with Gasteiger partial charge in [0.25, 0.3) is 11.7 Å². The Morgan fingerprint density at radius 1 is 0.875 bits per heavy atom. The average Bonchev–Trinajstić information content (AvgIpc) is 3.09. The smallest absolute Gasteiger partial charge is 0.300 e. The number of amides is 1. The summed E-state index contributed by atoms with van der Waals surface area (Å²) in [5, 5.41) is 13.6. The fourth-order valence-corrected chi connectivity index (χ4v) is 4.26. The second kappa shape index (κ2) is 7.94. The van der Waals surface area contributed by atoms with Crippen molar-refractivity contribution < 1.29 is 14.7 Å². The molecule has 1 aliphatic rings. The van der Waals surface area contributed by atoms with Crippen LogP contribution in [0.1, 0.15) is 17.2 Å². The lowest BCUT2D eigenvalue weighted by Gasteiger charge is -2.25. The van der Waals surface area contributed by atoms with Gasteiger partial charge in [0.15, 0.2) is 0 Å². The highest BCUT2D eigenvalue weighted by Crippen LogP contribution is 2.42. The number of benzene rings is 3. The molecule has 1 aliphatic heterocycles. The molecule has 1 amide bonds. The second-order valence-electron chi connectivity index (χ2n) is 7.49. The van der Waals surface area contributed by atoms with E-state index in [2.05, 4.69) is 4.98 Å². The van der Waals surface area contributed by atoms with Gasteiger partial charge in [0.1, 0.15) is 5.76 Å². The number of hydrogen-bond donors (Lipinski definition) is 1. The molecule has 0 aliphatic carbocycles. The first-order valence-corrected chi connectivity index (χ1v) is 10.4. The third-order valence-corrected chi connectivity index (χ3v) is 5.81. The van der Waals surface area contributed by atoms with Crippen molar-refractivity contribution in [1.82, 2.24) is 4.98 Å². The van der Waals surface area contributed by atoms with Crippen LogP contribution in [0.2, 0.25) is 5.02 Å². The Hall–Kier alpha value is -3.96. The van der Waals surface area contributed by atoms with E-state index in [0.717, 1.165) is 10.8 Å². The zero-order chi connectivity index (χ0) is 22.2. The summed E-state index contributed by atoms with van der Waals surface area (Å²) in [6, 6.07) is 22.5. The summed E-state index contributed by atoms with van der Waals surface area (Å²) in [4.78, 5) is 31.7.